The van der Waals surface area contributed by atoms with Crippen molar-refractivity contribution < 1.29 is 14.6 Å². The molecule has 0 aromatic heterocycles. The maximum absolute atomic E-state index is 11.7. The second kappa shape index (κ2) is 11.9. The van der Waals surface area contributed by atoms with Gasteiger partial charge in [0.05, 0.1) is 0 Å². The standard InChI is InChI=1S/C15H23O3.3C4H9.Sn/c1-10-8-15(9-18-11(2)16)7-5-6-12(10)13(15)14(3,4)17;3*1-3-4-2;/h5-6,10,12-13,17H,1,7-9H2,2-4H3;3*1,3-4H2,2H3;/t10?,12-,13+,15+;;;;/m1..../s1. The number of allylic oxidation sites excluding steroid dienone is 2. The van der Waals surface area contributed by atoms with E-state index in [1.54, 1.807) is 13.3 Å². The molecule has 1 fully saturated rings. The summed E-state index contributed by atoms with van der Waals surface area (Å²) in [4.78, 5) is 11.7. The van der Waals surface area contributed by atoms with Crippen molar-refractivity contribution in [2.75, 3.05) is 6.61 Å². The molecule has 0 saturated heterocycles. The first-order chi connectivity index (χ1) is 14.6. The van der Waals surface area contributed by atoms with Crippen LogP contribution >= 0.6 is 0 Å². The van der Waals surface area contributed by atoms with E-state index in [4.69, 9.17) is 4.74 Å². The third-order valence-electron chi connectivity index (χ3n) is 8.34. The van der Waals surface area contributed by atoms with Gasteiger partial charge in [0.2, 0.25) is 0 Å². The van der Waals surface area contributed by atoms with Gasteiger partial charge < -0.3 is 0 Å². The molecule has 0 amide bonds. The van der Waals surface area contributed by atoms with Gasteiger partial charge in [-0.15, -0.1) is 0 Å². The van der Waals surface area contributed by atoms with E-state index in [1.165, 1.54) is 49.9 Å². The van der Waals surface area contributed by atoms with E-state index >= 15 is 0 Å². The summed E-state index contributed by atoms with van der Waals surface area (Å²) in [6, 6.07) is 0. The van der Waals surface area contributed by atoms with Gasteiger partial charge >= 0.3 is 197 Å². The molecule has 180 valence electrons. The van der Waals surface area contributed by atoms with Gasteiger partial charge in [0.25, 0.3) is 0 Å². The molecule has 4 atom stereocenters. The number of hydrogen-bond donors (Lipinski definition) is 1. The summed E-state index contributed by atoms with van der Waals surface area (Å²) in [5.41, 5.74) is -0.843. The fourth-order valence-corrected chi connectivity index (χ4v) is 24.9. The van der Waals surface area contributed by atoms with Crippen LogP contribution in [0.3, 0.4) is 0 Å². The summed E-state index contributed by atoms with van der Waals surface area (Å²) in [5.74, 6) is 1.08. The summed E-state index contributed by atoms with van der Waals surface area (Å²) < 4.78 is 11.7. The Morgan fingerprint density at radius 2 is 1.65 bits per heavy atom. The first kappa shape index (κ1) is 27.2. The molecule has 1 saturated carbocycles. The second-order valence-corrected chi connectivity index (χ2v) is 25.5. The van der Waals surface area contributed by atoms with Crippen LogP contribution in [0.2, 0.25) is 17.7 Å². The maximum atomic E-state index is 11.7. The molecule has 0 aromatic rings. The van der Waals surface area contributed by atoms with Gasteiger partial charge in [-0.05, 0) is 0 Å². The van der Waals surface area contributed by atoms with Crippen LogP contribution in [0.1, 0.15) is 92.9 Å². The predicted octanol–water partition coefficient (Wildman–Crippen LogP) is 7.37. The summed E-state index contributed by atoms with van der Waals surface area (Å²) in [6.45, 7) is 13.0. The fraction of sp³-hybridized carbons (Fsp3) is 0.889. The Balaban J connectivity index is 2.35. The van der Waals surface area contributed by atoms with Crippen molar-refractivity contribution in [1.82, 2.24) is 0 Å². The van der Waals surface area contributed by atoms with E-state index in [9.17, 15) is 9.90 Å². The third-order valence-corrected chi connectivity index (χ3v) is 24.4. The average molecular weight is 541 g/mol. The van der Waals surface area contributed by atoms with E-state index in [0.29, 0.717) is 18.4 Å². The van der Waals surface area contributed by atoms with Crippen LogP contribution in [-0.2, 0) is 9.53 Å². The van der Waals surface area contributed by atoms with Gasteiger partial charge in [0, 0.05) is 0 Å². The molecule has 0 radical (unpaired) electrons. The number of hydrogen-bond acceptors (Lipinski definition) is 3. The van der Waals surface area contributed by atoms with Crippen molar-refractivity contribution in [3.05, 3.63) is 12.2 Å². The van der Waals surface area contributed by atoms with Gasteiger partial charge in [-0.3, -0.25) is 0 Å². The molecule has 2 rings (SSSR count). The van der Waals surface area contributed by atoms with Crippen LogP contribution in [0.25, 0.3) is 0 Å². The van der Waals surface area contributed by atoms with E-state index in [-0.39, 0.29) is 17.3 Å². The van der Waals surface area contributed by atoms with E-state index < -0.39 is 24.0 Å². The van der Waals surface area contributed by atoms with Crippen LogP contribution in [0.5, 0.6) is 0 Å². The Bertz CT molecular complexity index is 572. The molecule has 4 heteroatoms. The van der Waals surface area contributed by atoms with Crippen LogP contribution in [-0.4, -0.2) is 41.7 Å². The zero-order valence-electron chi connectivity index (χ0n) is 21.3. The number of unbranched alkanes of at least 4 members (excludes halogenated alkanes) is 3. The van der Waals surface area contributed by atoms with Crippen molar-refractivity contribution in [2.24, 2.45) is 23.2 Å². The summed E-state index contributed by atoms with van der Waals surface area (Å²) in [6.07, 6.45) is 15.0. The number of carbonyl (C=O) groups is 1. The first-order valence-corrected chi connectivity index (χ1v) is 21.2. The molecule has 2 aliphatic rings. The quantitative estimate of drug-likeness (QED) is 0.142. The predicted molar refractivity (Wildman–Crippen MR) is 134 cm³/mol. The van der Waals surface area contributed by atoms with Gasteiger partial charge in [-0.2, -0.15) is 0 Å². The van der Waals surface area contributed by atoms with Gasteiger partial charge in [0.1, 0.15) is 0 Å². The molecule has 31 heavy (non-hydrogen) atoms. The molecule has 1 unspecified atom stereocenters. The first-order valence-electron chi connectivity index (χ1n) is 13.2. The Labute approximate surface area is 196 Å². The van der Waals surface area contributed by atoms with Gasteiger partial charge in [-0.25, -0.2) is 0 Å². The molecule has 2 bridgehead atoms. The Hall–Kier alpha value is -0.0313. The van der Waals surface area contributed by atoms with Gasteiger partial charge in [0.15, 0.2) is 0 Å². The summed E-state index contributed by atoms with van der Waals surface area (Å²) in [5, 5.41) is 11.2. The fourth-order valence-electron chi connectivity index (χ4n) is 7.18. The van der Waals surface area contributed by atoms with Gasteiger partial charge in [-0.1, -0.05) is 0 Å². The van der Waals surface area contributed by atoms with Crippen LogP contribution < -0.4 is 0 Å². The number of fused-ring (bicyclic) bond motifs is 2. The summed E-state index contributed by atoms with van der Waals surface area (Å²) >= 11 is -2.29. The molecule has 0 aromatic carbocycles. The average Bonchev–Trinajstić information content (AvgIpc) is 2.91. The SMILES string of the molecule is CCC[CH2][Sn]([CH2]CCC)([CH2]CCC)[CH2]C1C[C@]2(COC(C)=O)CC=C[C@H]1[C@H]2C(C)(C)O. The Morgan fingerprint density at radius 1 is 1.10 bits per heavy atom. The van der Waals surface area contributed by atoms with Crippen molar-refractivity contribution in [3.8, 4) is 0 Å². The van der Waals surface area contributed by atoms with Crippen LogP contribution in [0, 0.1) is 23.2 Å². The normalized spacial score (nSPS) is 28.2. The number of carbonyl (C=O) groups excluding carboxylic acids is 1. The topological polar surface area (TPSA) is 46.5 Å². The summed E-state index contributed by atoms with van der Waals surface area (Å²) in [7, 11) is 0. The minimum atomic E-state index is -2.29. The molecular weight excluding hydrogens is 491 g/mol. The van der Waals surface area contributed by atoms with Crippen LogP contribution in [0.4, 0.5) is 0 Å². The number of esters is 1. The number of rotatable bonds is 14. The van der Waals surface area contributed by atoms with Crippen molar-refractivity contribution in [3.63, 3.8) is 0 Å². The number of ether oxygens (including phenoxy) is 1. The molecule has 0 aliphatic heterocycles. The molecule has 0 heterocycles. The monoisotopic (exact) mass is 542 g/mol. The number of aliphatic hydroxyl groups is 1. The van der Waals surface area contributed by atoms with E-state index in [1.807, 2.05) is 13.8 Å². The Kier molecular flexibility index (Phi) is 10.4. The zero-order chi connectivity index (χ0) is 23.1. The molecule has 3 nitrogen and oxygen atoms in total. The molecule has 1 N–H and O–H groups in total. The van der Waals surface area contributed by atoms with Crippen molar-refractivity contribution in [1.29, 1.82) is 0 Å². The molecular formula is C27H50O3Sn. The third kappa shape index (κ3) is 6.98. The minimum absolute atomic E-state index is 0.0914. The molecule has 0 spiro atoms. The second-order valence-electron chi connectivity index (χ2n) is 11.5. The molecule has 2 aliphatic carbocycles. The zero-order valence-corrected chi connectivity index (χ0v) is 24.2. The Morgan fingerprint density at radius 3 is 2.10 bits per heavy atom. The van der Waals surface area contributed by atoms with Crippen LogP contribution in [0.15, 0.2) is 12.2 Å². The van der Waals surface area contributed by atoms with Crippen molar-refractivity contribution in [2.45, 2.75) is 116 Å². The van der Waals surface area contributed by atoms with Crippen molar-refractivity contribution >= 4 is 24.3 Å². The van der Waals surface area contributed by atoms with E-state index in [0.717, 1.165) is 12.8 Å². The van der Waals surface area contributed by atoms with E-state index in [2.05, 4.69) is 32.9 Å².